The number of fused-ring (bicyclic) bond motifs is 1. The molecule has 1 aliphatic rings. The van der Waals surface area contributed by atoms with E-state index in [0.717, 1.165) is 25.1 Å². The van der Waals surface area contributed by atoms with Gasteiger partial charge in [0.1, 0.15) is 5.39 Å². The fourth-order valence-electron chi connectivity index (χ4n) is 3.78. The molecule has 0 radical (unpaired) electrons. The van der Waals surface area contributed by atoms with Gasteiger partial charge in [0.15, 0.2) is 10.8 Å². The number of H-pyrrole nitrogens is 1. The van der Waals surface area contributed by atoms with Crippen LogP contribution in [0.2, 0.25) is 0 Å². The van der Waals surface area contributed by atoms with Gasteiger partial charge in [0, 0.05) is 11.4 Å². The molecule has 1 saturated heterocycles. The Balaban J connectivity index is 1.37. The first kappa shape index (κ1) is 19.1. The zero-order valence-corrected chi connectivity index (χ0v) is 17.7. The topological polar surface area (TPSA) is 83.9 Å². The van der Waals surface area contributed by atoms with E-state index in [9.17, 15) is 9.59 Å². The molecule has 1 aromatic carbocycles. The quantitative estimate of drug-likeness (QED) is 0.381. The van der Waals surface area contributed by atoms with Crippen molar-refractivity contribution < 1.29 is 4.79 Å². The smallest absolute Gasteiger partial charge is 0.262 e. The van der Waals surface area contributed by atoms with Gasteiger partial charge < -0.3 is 9.88 Å². The summed E-state index contributed by atoms with van der Waals surface area (Å²) >= 11 is 2.94. The van der Waals surface area contributed by atoms with Gasteiger partial charge >= 0.3 is 0 Å². The first-order chi connectivity index (χ1) is 14.7. The predicted molar refractivity (Wildman–Crippen MR) is 118 cm³/mol. The number of rotatable bonds is 5. The number of thioether (sulfide) groups is 1. The summed E-state index contributed by atoms with van der Waals surface area (Å²) in [6.45, 7) is 0.770. The Morgan fingerprint density at radius 1 is 1.23 bits per heavy atom. The lowest BCUT2D eigenvalue weighted by molar-refractivity contribution is -0.129. The summed E-state index contributed by atoms with van der Waals surface area (Å²) in [7, 11) is 0. The number of amides is 1. The van der Waals surface area contributed by atoms with Crippen LogP contribution in [0.25, 0.3) is 16.7 Å². The van der Waals surface area contributed by atoms with Gasteiger partial charge in [-0.05, 0) is 36.4 Å². The van der Waals surface area contributed by atoms with Crippen LogP contribution in [-0.4, -0.2) is 42.9 Å². The number of aromatic nitrogens is 4. The normalized spacial score (nSPS) is 16.4. The van der Waals surface area contributed by atoms with E-state index >= 15 is 0 Å². The number of aromatic amines is 1. The lowest BCUT2D eigenvalue weighted by atomic mass is 10.2. The summed E-state index contributed by atoms with van der Waals surface area (Å²) in [6, 6.07) is 13.8. The Morgan fingerprint density at radius 2 is 2.10 bits per heavy atom. The molecule has 1 fully saturated rings. The van der Waals surface area contributed by atoms with Gasteiger partial charge in [-0.3, -0.25) is 9.59 Å². The number of likely N-dealkylation sites (tertiary alicyclic amines) is 1. The highest BCUT2D eigenvalue weighted by molar-refractivity contribution is 7.99. The lowest BCUT2D eigenvalue weighted by Crippen LogP contribution is -2.31. The molecule has 0 saturated carbocycles. The SMILES string of the molecule is O=C(CSc1nc2c(cnn2-c2ccccc2)c(=O)[nH]1)N1CCC[C@@H]1c1cccs1. The van der Waals surface area contributed by atoms with Gasteiger partial charge in [0.05, 0.1) is 23.7 Å². The van der Waals surface area contributed by atoms with Crippen molar-refractivity contribution in [2.45, 2.75) is 24.0 Å². The molecule has 30 heavy (non-hydrogen) atoms. The first-order valence-electron chi connectivity index (χ1n) is 9.70. The van der Waals surface area contributed by atoms with E-state index in [1.165, 1.54) is 22.8 Å². The highest BCUT2D eigenvalue weighted by atomic mass is 32.2. The molecule has 9 heteroatoms. The number of hydrogen-bond donors (Lipinski definition) is 1. The number of carbonyl (C=O) groups excluding carboxylic acids is 1. The minimum atomic E-state index is -0.255. The third kappa shape index (κ3) is 3.54. The van der Waals surface area contributed by atoms with Crippen molar-refractivity contribution in [1.82, 2.24) is 24.6 Å². The maximum Gasteiger partial charge on any atom is 0.262 e. The summed E-state index contributed by atoms with van der Waals surface area (Å²) in [5.74, 6) is 0.297. The third-order valence-corrected chi connectivity index (χ3v) is 7.03. The van der Waals surface area contributed by atoms with Gasteiger partial charge in [0.2, 0.25) is 5.91 Å². The van der Waals surface area contributed by atoms with E-state index < -0.39 is 0 Å². The van der Waals surface area contributed by atoms with Crippen molar-refractivity contribution in [3.63, 3.8) is 0 Å². The Morgan fingerprint density at radius 3 is 2.90 bits per heavy atom. The van der Waals surface area contributed by atoms with E-state index in [0.29, 0.717) is 16.2 Å². The van der Waals surface area contributed by atoms with E-state index in [1.807, 2.05) is 46.7 Å². The van der Waals surface area contributed by atoms with Crippen molar-refractivity contribution in [2.24, 2.45) is 0 Å². The number of benzene rings is 1. The predicted octanol–water partition coefficient (Wildman–Crippen LogP) is 3.63. The van der Waals surface area contributed by atoms with Crippen LogP contribution in [0.3, 0.4) is 0 Å². The summed E-state index contributed by atoms with van der Waals surface area (Å²) in [5, 5.41) is 7.21. The summed E-state index contributed by atoms with van der Waals surface area (Å²) in [4.78, 5) is 35.9. The second kappa shape index (κ2) is 8.08. The summed E-state index contributed by atoms with van der Waals surface area (Å²) in [5.41, 5.74) is 1.06. The van der Waals surface area contributed by atoms with Gasteiger partial charge in [0.25, 0.3) is 5.56 Å². The molecule has 0 aliphatic carbocycles. The molecule has 1 atom stereocenters. The molecule has 152 valence electrons. The van der Waals surface area contributed by atoms with Crippen LogP contribution >= 0.6 is 23.1 Å². The molecule has 5 rings (SSSR count). The van der Waals surface area contributed by atoms with Gasteiger partial charge in [-0.1, -0.05) is 36.0 Å². The fourth-order valence-corrected chi connectivity index (χ4v) is 5.40. The van der Waals surface area contributed by atoms with Crippen LogP contribution in [0, 0.1) is 0 Å². The Hall–Kier alpha value is -2.91. The molecule has 1 amide bonds. The molecule has 7 nitrogen and oxygen atoms in total. The van der Waals surface area contributed by atoms with Crippen LogP contribution in [0.1, 0.15) is 23.8 Å². The molecule has 0 bridgehead atoms. The van der Waals surface area contributed by atoms with E-state index in [2.05, 4.69) is 21.1 Å². The molecular weight excluding hydrogens is 418 g/mol. The molecule has 4 heterocycles. The first-order valence-corrected chi connectivity index (χ1v) is 11.6. The van der Waals surface area contributed by atoms with Crippen molar-refractivity contribution >= 4 is 40.0 Å². The molecule has 4 aromatic rings. The van der Waals surface area contributed by atoms with Crippen molar-refractivity contribution in [3.05, 3.63) is 69.3 Å². The van der Waals surface area contributed by atoms with E-state index in [1.54, 1.807) is 16.0 Å². The zero-order chi connectivity index (χ0) is 20.5. The molecule has 0 unspecified atom stereocenters. The minimum absolute atomic E-state index is 0.0650. The average Bonchev–Trinajstić information content (AvgIpc) is 3.52. The molecule has 0 spiro atoms. The van der Waals surface area contributed by atoms with E-state index in [4.69, 9.17) is 0 Å². The molecular formula is C21H19N5O2S2. The Labute approximate surface area is 180 Å². The number of nitrogens with zero attached hydrogens (tertiary/aromatic N) is 4. The number of carbonyl (C=O) groups is 1. The lowest BCUT2D eigenvalue weighted by Gasteiger charge is -2.23. The van der Waals surface area contributed by atoms with Crippen molar-refractivity contribution in [2.75, 3.05) is 12.3 Å². The van der Waals surface area contributed by atoms with Crippen molar-refractivity contribution in [1.29, 1.82) is 0 Å². The maximum atomic E-state index is 12.9. The molecule has 1 N–H and O–H groups in total. The van der Waals surface area contributed by atoms with Gasteiger partial charge in [-0.15, -0.1) is 11.3 Å². The third-order valence-electron chi connectivity index (χ3n) is 5.19. The van der Waals surface area contributed by atoms with Crippen LogP contribution in [-0.2, 0) is 4.79 Å². The number of para-hydroxylation sites is 1. The highest BCUT2D eigenvalue weighted by Crippen LogP contribution is 2.35. The standard InChI is InChI=1S/C21H19N5O2S2/c27-18(25-10-4-8-16(25)17-9-5-11-29-17)13-30-21-23-19-15(20(28)24-21)12-22-26(19)14-6-2-1-3-7-14/h1-3,5-7,9,11-12,16H,4,8,10,13H2,(H,23,24,28)/t16-/m1/s1. The monoisotopic (exact) mass is 437 g/mol. The highest BCUT2D eigenvalue weighted by Gasteiger charge is 2.30. The number of thiophene rings is 1. The summed E-state index contributed by atoms with van der Waals surface area (Å²) in [6.07, 6.45) is 3.52. The molecule has 3 aromatic heterocycles. The number of hydrogen-bond acceptors (Lipinski definition) is 6. The summed E-state index contributed by atoms with van der Waals surface area (Å²) < 4.78 is 1.64. The van der Waals surface area contributed by atoms with Gasteiger partial charge in [-0.2, -0.15) is 5.10 Å². The Kier molecular flexibility index (Phi) is 5.14. The van der Waals surface area contributed by atoms with Gasteiger partial charge in [-0.25, -0.2) is 9.67 Å². The number of nitrogens with one attached hydrogen (secondary N) is 1. The molecule has 1 aliphatic heterocycles. The largest absolute Gasteiger partial charge is 0.334 e. The van der Waals surface area contributed by atoms with E-state index in [-0.39, 0.29) is 23.3 Å². The van der Waals surface area contributed by atoms with Crippen LogP contribution in [0.4, 0.5) is 0 Å². The van der Waals surface area contributed by atoms with Crippen LogP contribution < -0.4 is 5.56 Å². The van der Waals surface area contributed by atoms with Crippen molar-refractivity contribution in [3.8, 4) is 5.69 Å². The minimum Gasteiger partial charge on any atom is -0.334 e. The second-order valence-electron chi connectivity index (χ2n) is 7.05. The van der Waals surface area contributed by atoms with Crippen LogP contribution in [0.15, 0.2) is 64.0 Å². The maximum absolute atomic E-state index is 12.9. The zero-order valence-electron chi connectivity index (χ0n) is 16.0. The second-order valence-corrected chi connectivity index (χ2v) is 8.99. The fraction of sp³-hybridized carbons (Fsp3) is 0.238. The average molecular weight is 438 g/mol. The Bertz CT molecular complexity index is 1230. The van der Waals surface area contributed by atoms with Crippen LogP contribution in [0.5, 0.6) is 0 Å².